The number of hydrogen-bond acceptors (Lipinski definition) is 2. The Hall–Kier alpha value is -1.38. The highest BCUT2D eigenvalue weighted by atomic mass is 35.5. The summed E-state index contributed by atoms with van der Waals surface area (Å²) in [7, 11) is 0. The van der Waals surface area contributed by atoms with E-state index in [-0.39, 0.29) is 0 Å². The number of nitrogens with zero attached hydrogens (tertiary/aromatic N) is 3. The zero-order valence-corrected chi connectivity index (χ0v) is 7.82. The second-order valence-electron chi connectivity index (χ2n) is 2.24. The summed E-state index contributed by atoms with van der Waals surface area (Å²) in [4.78, 5) is 2.65. The van der Waals surface area contributed by atoms with Gasteiger partial charge in [0, 0.05) is 10.6 Å². The maximum atomic E-state index is 8.17. The molecule has 0 aliphatic rings. The van der Waals surface area contributed by atoms with Crippen molar-refractivity contribution < 1.29 is 4.74 Å². The lowest BCUT2D eigenvalue weighted by Gasteiger charge is -2.04. The Balaban J connectivity index is 2.97. The highest BCUT2D eigenvalue weighted by Gasteiger charge is 2.00. The summed E-state index contributed by atoms with van der Waals surface area (Å²) in [5.41, 5.74) is 8.65. The molecule has 0 aromatic heterocycles. The minimum Gasteiger partial charge on any atom is -0.492 e. The summed E-state index contributed by atoms with van der Waals surface area (Å²) in [5, 5.41) is 3.86. The summed E-state index contributed by atoms with van der Waals surface area (Å²) in [6.45, 7) is 2.43. The third kappa shape index (κ3) is 2.54. The van der Waals surface area contributed by atoms with Crippen molar-refractivity contribution in [1.29, 1.82) is 0 Å². The highest BCUT2D eigenvalue weighted by Crippen LogP contribution is 2.28. The van der Waals surface area contributed by atoms with E-state index < -0.39 is 0 Å². The summed E-state index contributed by atoms with van der Waals surface area (Å²) in [5.74, 6) is 0.598. The van der Waals surface area contributed by atoms with Gasteiger partial charge in [-0.15, -0.1) is 0 Å². The Morgan fingerprint density at radius 1 is 1.62 bits per heavy atom. The molecule has 0 radical (unpaired) electrons. The molecular formula is C8H8ClN3O. The van der Waals surface area contributed by atoms with Crippen LogP contribution in [0.1, 0.15) is 6.92 Å². The smallest absolute Gasteiger partial charge is 0.137 e. The molecule has 0 unspecified atom stereocenters. The first-order valence-electron chi connectivity index (χ1n) is 3.75. The van der Waals surface area contributed by atoms with E-state index in [9.17, 15) is 0 Å². The molecule has 0 bridgehead atoms. The number of rotatable bonds is 3. The third-order valence-corrected chi connectivity index (χ3v) is 1.67. The topological polar surface area (TPSA) is 58.0 Å². The predicted octanol–water partition coefficient (Wildman–Crippen LogP) is 3.68. The maximum Gasteiger partial charge on any atom is 0.137 e. The van der Waals surface area contributed by atoms with Crippen LogP contribution in [0.2, 0.25) is 5.02 Å². The first-order valence-corrected chi connectivity index (χ1v) is 4.13. The van der Waals surface area contributed by atoms with Gasteiger partial charge < -0.3 is 4.74 Å². The van der Waals surface area contributed by atoms with Gasteiger partial charge in [0.2, 0.25) is 0 Å². The largest absolute Gasteiger partial charge is 0.492 e. The lowest BCUT2D eigenvalue weighted by atomic mass is 10.3. The summed E-state index contributed by atoms with van der Waals surface area (Å²) < 4.78 is 5.20. The van der Waals surface area contributed by atoms with Gasteiger partial charge in [0.1, 0.15) is 5.75 Å². The molecule has 5 heteroatoms. The summed E-state index contributed by atoms with van der Waals surface area (Å²) in [6.07, 6.45) is 0. The van der Waals surface area contributed by atoms with Crippen LogP contribution in [-0.4, -0.2) is 6.61 Å². The molecule has 0 aliphatic heterocycles. The van der Waals surface area contributed by atoms with E-state index in [0.29, 0.717) is 23.1 Å². The molecule has 1 aromatic rings. The molecule has 13 heavy (non-hydrogen) atoms. The lowest BCUT2D eigenvalue weighted by Crippen LogP contribution is -1.91. The van der Waals surface area contributed by atoms with E-state index in [4.69, 9.17) is 21.9 Å². The predicted molar refractivity (Wildman–Crippen MR) is 51.4 cm³/mol. The van der Waals surface area contributed by atoms with Crippen molar-refractivity contribution in [2.24, 2.45) is 5.11 Å². The van der Waals surface area contributed by atoms with Gasteiger partial charge >= 0.3 is 0 Å². The van der Waals surface area contributed by atoms with Crippen LogP contribution in [0.4, 0.5) is 5.69 Å². The molecule has 0 spiro atoms. The fraction of sp³-hybridized carbons (Fsp3) is 0.250. The van der Waals surface area contributed by atoms with Crippen molar-refractivity contribution in [3.8, 4) is 5.75 Å². The molecular weight excluding hydrogens is 190 g/mol. The van der Waals surface area contributed by atoms with Crippen LogP contribution >= 0.6 is 11.6 Å². The van der Waals surface area contributed by atoms with Gasteiger partial charge in [0.15, 0.2) is 0 Å². The Bertz CT molecular complexity index is 347. The van der Waals surface area contributed by atoms with Crippen LogP contribution in [0.15, 0.2) is 23.3 Å². The van der Waals surface area contributed by atoms with Crippen LogP contribution in [-0.2, 0) is 0 Å². The Morgan fingerprint density at radius 3 is 2.92 bits per heavy atom. The lowest BCUT2D eigenvalue weighted by molar-refractivity contribution is 0.340. The zero-order chi connectivity index (χ0) is 9.68. The Kier molecular flexibility index (Phi) is 3.43. The molecule has 0 heterocycles. The highest BCUT2D eigenvalue weighted by molar-refractivity contribution is 6.32. The van der Waals surface area contributed by atoms with Crippen molar-refractivity contribution >= 4 is 17.3 Å². The van der Waals surface area contributed by atoms with Crippen LogP contribution in [0.5, 0.6) is 5.75 Å². The van der Waals surface area contributed by atoms with E-state index >= 15 is 0 Å². The Morgan fingerprint density at radius 2 is 2.38 bits per heavy atom. The number of halogens is 1. The standard InChI is InChI=1S/C8H8ClN3O/c1-2-13-8-4-3-6(11-12-10)5-7(8)9/h3-5H,2H2,1H3. The van der Waals surface area contributed by atoms with E-state index in [1.54, 1.807) is 18.2 Å². The van der Waals surface area contributed by atoms with E-state index in [1.807, 2.05) is 6.92 Å². The average Bonchev–Trinajstić information content (AvgIpc) is 2.10. The van der Waals surface area contributed by atoms with Crippen LogP contribution in [0, 0.1) is 0 Å². The van der Waals surface area contributed by atoms with E-state index in [2.05, 4.69) is 10.0 Å². The quantitative estimate of drug-likeness (QED) is 0.414. The van der Waals surface area contributed by atoms with Gasteiger partial charge in [0.05, 0.1) is 11.6 Å². The fourth-order valence-corrected chi connectivity index (χ4v) is 1.11. The average molecular weight is 198 g/mol. The molecule has 0 saturated heterocycles. The normalized spacial score (nSPS) is 9.08. The van der Waals surface area contributed by atoms with Gasteiger partial charge in [-0.05, 0) is 30.7 Å². The summed E-state index contributed by atoms with van der Waals surface area (Å²) >= 11 is 5.84. The molecule has 0 aliphatic carbocycles. The minimum atomic E-state index is 0.451. The van der Waals surface area contributed by atoms with E-state index in [1.165, 1.54) is 0 Å². The molecule has 1 aromatic carbocycles. The van der Waals surface area contributed by atoms with Crippen molar-refractivity contribution in [3.63, 3.8) is 0 Å². The first-order chi connectivity index (χ1) is 6.27. The van der Waals surface area contributed by atoms with Crippen molar-refractivity contribution in [3.05, 3.63) is 33.7 Å². The summed E-state index contributed by atoms with van der Waals surface area (Å²) in [6, 6.07) is 4.89. The molecule has 0 fully saturated rings. The van der Waals surface area contributed by atoms with E-state index in [0.717, 1.165) is 0 Å². The number of azide groups is 1. The molecule has 0 N–H and O–H groups in total. The van der Waals surface area contributed by atoms with Gasteiger partial charge in [-0.3, -0.25) is 0 Å². The number of hydrogen-bond donors (Lipinski definition) is 0. The molecule has 0 saturated carbocycles. The maximum absolute atomic E-state index is 8.17. The third-order valence-electron chi connectivity index (χ3n) is 1.38. The van der Waals surface area contributed by atoms with Crippen molar-refractivity contribution in [2.45, 2.75) is 6.92 Å². The van der Waals surface area contributed by atoms with Gasteiger partial charge in [-0.25, -0.2) is 0 Å². The zero-order valence-electron chi connectivity index (χ0n) is 7.07. The van der Waals surface area contributed by atoms with Gasteiger partial charge in [-0.2, -0.15) is 0 Å². The molecule has 0 amide bonds. The second kappa shape index (κ2) is 4.60. The molecule has 4 nitrogen and oxygen atoms in total. The van der Waals surface area contributed by atoms with Crippen molar-refractivity contribution in [2.75, 3.05) is 6.61 Å². The fourth-order valence-electron chi connectivity index (χ4n) is 0.876. The molecule has 0 atom stereocenters. The van der Waals surface area contributed by atoms with Crippen LogP contribution in [0.3, 0.4) is 0 Å². The molecule has 68 valence electrons. The SMILES string of the molecule is CCOc1ccc(N=[N+]=[N-])cc1Cl. The number of ether oxygens (including phenoxy) is 1. The van der Waals surface area contributed by atoms with Gasteiger partial charge in [0.25, 0.3) is 0 Å². The molecule has 1 rings (SSSR count). The Labute approximate surface area is 80.7 Å². The first kappa shape index (κ1) is 9.71. The monoisotopic (exact) mass is 197 g/mol. The second-order valence-corrected chi connectivity index (χ2v) is 2.64. The van der Waals surface area contributed by atoms with Gasteiger partial charge in [-0.1, -0.05) is 16.7 Å². The van der Waals surface area contributed by atoms with Crippen LogP contribution < -0.4 is 4.74 Å². The number of benzene rings is 1. The minimum absolute atomic E-state index is 0.451. The van der Waals surface area contributed by atoms with Crippen LogP contribution in [0.25, 0.3) is 10.4 Å². The van der Waals surface area contributed by atoms with Crippen molar-refractivity contribution in [1.82, 2.24) is 0 Å².